The lowest BCUT2D eigenvalue weighted by atomic mass is 9.63. The smallest absolute Gasteiger partial charge is 0.146 e. The van der Waals surface area contributed by atoms with Crippen LogP contribution in [0.3, 0.4) is 0 Å². The molecule has 180 valence electrons. The molecule has 0 saturated heterocycles. The van der Waals surface area contributed by atoms with Crippen molar-refractivity contribution in [3.8, 4) is 11.8 Å². The van der Waals surface area contributed by atoms with Gasteiger partial charge in [-0.25, -0.2) is 17.6 Å². The van der Waals surface area contributed by atoms with Crippen LogP contribution in [-0.2, 0) is 0 Å². The Balaban J connectivity index is 1.44. The van der Waals surface area contributed by atoms with E-state index in [1.807, 2.05) is 0 Å². The van der Waals surface area contributed by atoms with Gasteiger partial charge in [-0.05, 0) is 105 Å². The maximum Gasteiger partial charge on any atom is 0.146 e. The second-order valence-electron chi connectivity index (χ2n) is 9.72. The Bertz CT molecular complexity index is 1080. The largest absolute Gasteiger partial charge is 0.206 e. The molecule has 2 aliphatic carbocycles. The van der Waals surface area contributed by atoms with Crippen LogP contribution in [-0.4, -0.2) is 0 Å². The van der Waals surface area contributed by atoms with Crippen LogP contribution in [0.4, 0.5) is 17.6 Å². The zero-order valence-corrected chi connectivity index (χ0v) is 20.1. The first-order valence-corrected chi connectivity index (χ1v) is 12.5. The van der Waals surface area contributed by atoms with E-state index in [-0.39, 0.29) is 11.5 Å². The van der Waals surface area contributed by atoms with Gasteiger partial charge in [0.2, 0.25) is 0 Å². The van der Waals surface area contributed by atoms with Crippen molar-refractivity contribution in [1.82, 2.24) is 0 Å². The SMILES string of the molecule is C/C=C/CCC1CCC2CC(c3cc(F)c(C#Cc4cc(F)c(Cl)c(F)c4)c(F)c3)CCC2C1. The lowest BCUT2D eigenvalue weighted by Crippen LogP contribution is -2.30. The Morgan fingerprint density at radius 2 is 1.50 bits per heavy atom. The second kappa shape index (κ2) is 11.0. The van der Waals surface area contributed by atoms with Crippen molar-refractivity contribution in [3.05, 3.63) is 81.4 Å². The summed E-state index contributed by atoms with van der Waals surface area (Å²) >= 11 is 5.46. The van der Waals surface area contributed by atoms with Gasteiger partial charge in [0.05, 0.1) is 5.56 Å². The van der Waals surface area contributed by atoms with Gasteiger partial charge in [-0.1, -0.05) is 42.0 Å². The highest BCUT2D eigenvalue weighted by Gasteiger charge is 2.36. The quantitative estimate of drug-likeness (QED) is 0.174. The molecule has 2 aromatic rings. The Morgan fingerprint density at radius 3 is 2.18 bits per heavy atom. The summed E-state index contributed by atoms with van der Waals surface area (Å²) in [5, 5.41) is -0.635. The zero-order chi connectivity index (χ0) is 24.2. The van der Waals surface area contributed by atoms with Gasteiger partial charge in [0.15, 0.2) is 0 Å². The van der Waals surface area contributed by atoms with Crippen LogP contribution in [0.25, 0.3) is 0 Å². The van der Waals surface area contributed by atoms with Crippen LogP contribution in [0.1, 0.15) is 80.9 Å². The van der Waals surface area contributed by atoms with Gasteiger partial charge in [-0.2, -0.15) is 0 Å². The summed E-state index contributed by atoms with van der Waals surface area (Å²) in [5.41, 5.74) is 0.245. The molecule has 2 fully saturated rings. The predicted octanol–water partition coefficient (Wildman–Crippen LogP) is 8.95. The minimum absolute atomic E-state index is 0.0399. The van der Waals surface area contributed by atoms with Gasteiger partial charge >= 0.3 is 0 Å². The molecular formula is C29H29ClF4. The highest BCUT2D eigenvalue weighted by Crippen LogP contribution is 2.48. The van der Waals surface area contributed by atoms with Gasteiger partial charge in [-0.3, -0.25) is 0 Å². The molecule has 4 atom stereocenters. The molecule has 2 aliphatic rings. The maximum absolute atomic E-state index is 14.8. The highest BCUT2D eigenvalue weighted by molar-refractivity contribution is 6.30. The van der Waals surface area contributed by atoms with Gasteiger partial charge < -0.3 is 0 Å². The summed E-state index contributed by atoms with van der Waals surface area (Å²) in [5.74, 6) is 3.69. The Labute approximate surface area is 204 Å². The molecule has 34 heavy (non-hydrogen) atoms. The molecule has 2 saturated carbocycles. The average Bonchev–Trinajstić information content (AvgIpc) is 2.81. The maximum atomic E-state index is 14.8. The average molecular weight is 489 g/mol. The molecule has 0 aromatic heterocycles. The molecular weight excluding hydrogens is 460 g/mol. The minimum atomic E-state index is -0.968. The normalized spacial score (nSPS) is 24.5. The molecule has 0 heterocycles. The third kappa shape index (κ3) is 5.69. The van der Waals surface area contributed by atoms with Crippen molar-refractivity contribution in [2.24, 2.45) is 17.8 Å². The molecule has 0 nitrogen and oxygen atoms in total. The number of halogens is 5. The number of allylic oxidation sites excluding steroid dienone is 2. The van der Waals surface area contributed by atoms with Gasteiger partial charge in [0, 0.05) is 5.56 Å². The number of hydrogen-bond acceptors (Lipinski definition) is 0. The van der Waals surface area contributed by atoms with E-state index < -0.39 is 33.9 Å². The summed E-state index contributed by atoms with van der Waals surface area (Å²) in [6.45, 7) is 2.06. The van der Waals surface area contributed by atoms with Crippen molar-refractivity contribution in [2.45, 2.75) is 64.2 Å². The van der Waals surface area contributed by atoms with Crippen molar-refractivity contribution in [3.63, 3.8) is 0 Å². The van der Waals surface area contributed by atoms with E-state index in [4.69, 9.17) is 11.6 Å². The molecule has 0 spiro atoms. The lowest BCUT2D eigenvalue weighted by Gasteiger charge is -2.42. The van der Waals surface area contributed by atoms with E-state index in [9.17, 15) is 17.6 Å². The topological polar surface area (TPSA) is 0 Å². The van der Waals surface area contributed by atoms with Crippen molar-refractivity contribution < 1.29 is 17.6 Å². The van der Waals surface area contributed by atoms with Crippen LogP contribution in [0, 0.1) is 52.9 Å². The van der Waals surface area contributed by atoms with Crippen LogP contribution in [0.15, 0.2) is 36.4 Å². The fraction of sp³-hybridized carbons (Fsp3) is 0.448. The van der Waals surface area contributed by atoms with E-state index in [1.54, 1.807) is 0 Å². The van der Waals surface area contributed by atoms with Gasteiger partial charge in [-0.15, -0.1) is 0 Å². The van der Waals surface area contributed by atoms with Crippen molar-refractivity contribution in [2.75, 3.05) is 0 Å². The minimum Gasteiger partial charge on any atom is -0.206 e. The van der Waals surface area contributed by atoms with Crippen LogP contribution >= 0.6 is 11.6 Å². The molecule has 5 heteroatoms. The Hall–Kier alpha value is -2.25. The zero-order valence-electron chi connectivity index (χ0n) is 19.3. The van der Waals surface area contributed by atoms with E-state index in [0.717, 1.165) is 49.7 Å². The molecule has 2 aromatic carbocycles. The monoisotopic (exact) mass is 488 g/mol. The molecule has 4 unspecified atom stereocenters. The molecule has 0 bridgehead atoms. The summed E-state index contributed by atoms with van der Waals surface area (Å²) in [6, 6.07) is 4.64. The first-order chi connectivity index (χ1) is 16.4. The second-order valence-corrected chi connectivity index (χ2v) is 10.1. The van der Waals surface area contributed by atoms with Crippen LogP contribution in [0.5, 0.6) is 0 Å². The summed E-state index contributed by atoms with van der Waals surface area (Å²) in [6.07, 6.45) is 13.5. The first kappa shape index (κ1) is 24.9. The fourth-order valence-electron chi connectivity index (χ4n) is 5.76. The summed E-state index contributed by atoms with van der Waals surface area (Å²) < 4.78 is 56.8. The van der Waals surface area contributed by atoms with Gasteiger partial charge in [0.1, 0.15) is 28.3 Å². The van der Waals surface area contributed by atoms with E-state index in [2.05, 4.69) is 30.9 Å². The third-order valence-electron chi connectivity index (χ3n) is 7.55. The molecule has 0 aliphatic heterocycles. The number of benzene rings is 2. The summed E-state index contributed by atoms with van der Waals surface area (Å²) in [7, 11) is 0. The van der Waals surface area contributed by atoms with Crippen LogP contribution in [0.2, 0.25) is 5.02 Å². The number of fused-ring (bicyclic) bond motifs is 1. The van der Waals surface area contributed by atoms with Crippen molar-refractivity contribution >= 4 is 11.6 Å². The lowest BCUT2D eigenvalue weighted by molar-refractivity contribution is 0.115. The predicted molar refractivity (Wildman–Crippen MR) is 129 cm³/mol. The molecule has 0 N–H and O–H groups in total. The number of rotatable bonds is 4. The molecule has 0 radical (unpaired) electrons. The fourth-order valence-corrected chi connectivity index (χ4v) is 5.87. The van der Waals surface area contributed by atoms with Crippen LogP contribution < -0.4 is 0 Å². The van der Waals surface area contributed by atoms with Crippen molar-refractivity contribution in [1.29, 1.82) is 0 Å². The molecule has 0 amide bonds. The Morgan fingerprint density at radius 1 is 0.853 bits per heavy atom. The standard InChI is InChI=1S/C29H29ClF4/c1-2-3-4-5-18-6-8-21-15-22(10-9-20(21)12-18)23-16-25(31)24(26(32)17-23)11-7-19-13-27(33)29(30)28(34)14-19/h2-3,13-14,16-18,20-22H,4-6,8-10,12,15H2,1H3/b3-2+. The van der Waals surface area contributed by atoms with E-state index in [1.165, 1.54) is 37.8 Å². The number of hydrogen-bond donors (Lipinski definition) is 0. The van der Waals surface area contributed by atoms with E-state index >= 15 is 0 Å². The first-order valence-electron chi connectivity index (χ1n) is 12.1. The molecule has 4 rings (SSSR count). The van der Waals surface area contributed by atoms with Gasteiger partial charge in [0.25, 0.3) is 0 Å². The third-order valence-corrected chi connectivity index (χ3v) is 7.91. The summed E-state index contributed by atoms with van der Waals surface area (Å²) in [4.78, 5) is 0. The Kier molecular flexibility index (Phi) is 8.04. The van der Waals surface area contributed by atoms with E-state index in [0.29, 0.717) is 11.5 Å². The highest BCUT2D eigenvalue weighted by atomic mass is 35.5.